The van der Waals surface area contributed by atoms with Gasteiger partial charge in [-0.05, 0) is 68.4 Å². The highest BCUT2D eigenvalue weighted by atomic mass is 16.2. The normalized spacial score (nSPS) is 17.5. The highest BCUT2D eigenvalue weighted by Crippen LogP contribution is 2.36. The van der Waals surface area contributed by atoms with Crippen LogP contribution in [0.4, 0.5) is 10.5 Å². The fraction of sp³-hybridized carbons (Fsp3) is 0.462. The first-order valence-corrected chi connectivity index (χ1v) is 11.6. The average Bonchev–Trinajstić information content (AvgIpc) is 3.65. The predicted molar refractivity (Wildman–Crippen MR) is 124 cm³/mol. The van der Waals surface area contributed by atoms with E-state index in [1.165, 1.54) is 25.7 Å². The van der Waals surface area contributed by atoms with Crippen molar-refractivity contribution in [3.05, 3.63) is 65.7 Å². The van der Waals surface area contributed by atoms with Gasteiger partial charge < -0.3 is 15.1 Å². The zero-order chi connectivity index (χ0) is 21.6. The molecule has 1 saturated carbocycles. The number of urea groups is 1. The number of nitrogens with zero attached hydrogens (tertiary/aromatic N) is 2. The van der Waals surface area contributed by atoms with Crippen LogP contribution < -0.4 is 5.32 Å². The second kappa shape index (κ2) is 9.99. The predicted octanol–water partition coefficient (Wildman–Crippen LogP) is 5.54. The molecule has 0 spiro atoms. The van der Waals surface area contributed by atoms with Crippen LogP contribution in [-0.4, -0.2) is 40.9 Å². The second-order valence-electron chi connectivity index (χ2n) is 8.91. The second-order valence-corrected chi connectivity index (χ2v) is 8.91. The number of benzene rings is 2. The van der Waals surface area contributed by atoms with Crippen LogP contribution in [0, 0.1) is 5.92 Å². The molecule has 1 N–H and O–H groups in total. The van der Waals surface area contributed by atoms with Crippen molar-refractivity contribution in [3.8, 4) is 0 Å². The van der Waals surface area contributed by atoms with Crippen molar-refractivity contribution in [2.75, 3.05) is 18.4 Å². The van der Waals surface area contributed by atoms with Crippen molar-refractivity contribution in [2.24, 2.45) is 5.92 Å². The summed E-state index contributed by atoms with van der Waals surface area (Å²) in [6, 6.07) is 17.6. The molecule has 0 bridgehead atoms. The summed E-state index contributed by atoms with van der Waals surface area (Å²) in [7, 11) is 0. The van der Waals surface area contributed by atoms with Crippen LogP contribution in [0.1, 0.15) is 61.4 Å². The Morgan fingerprint density at radius 3 is 2.23 bits per heavy atom. The molecule has 2 aromatic carbocycles. The fourth-order valence-corrected chi connectivity index (χ4v) is 4.36. The minimum Gasteiger partial charge on any atom is -0.339 e. The molecular formula is C26H33N3O2. The minimum absolute atomic E-state index is 0.0881. The van der Waals surface area contributed by atoms with E-state index in [0.29, 0.717) is 18.0 Å². The molecule has 1 unspecified atom stereocenters. The van der Waals surface area contributed by atoms with Crippen molar-refractivity contribution >= 4 is 17.6 Å². The lowest BCUT2D eigenvalue weighted by Gasteiger charge is -2.30. The van der Waals surface area contributed by atoms with E-state index < -0.39 is 0 Å². The van der Waals surface area contributed by atoms with E-state index in [0.717, 1.165) is 37.2 Å². The number of rotatable bonds is 6. The summed E-state index contributed by atoms with van der Waals surface area (Å²) < 4.78 is 0. The average molecular weight is 420 g/mol. The Kier molecular flexibility index (Phi) is 6.90. The molecule has 1 saturated heterocycles. The van der Waals surface area contributed by atoms with E-state index >= 15 is 0 Å². The first kappa shape index (κ1) is 21.4. The Morgan fingerprint density at radius 1 is 0.968 bits per heavy atom. The number of nitrogens with one attached hydrogen (secondary N) is 1. The number of hydrogen-bond acceptors (Lipinski definition) is 2. The number of amides is 3. The maximum atomic E-state index is 13.1. The molecule has 2 aliphatic rings. The van der Waals surface area contributed by atoms with Crippen LogP contribution in [0.25, 0.3) is 0 Å². The zero-order valence-corrected chi connectivity index (χ0v) is 18.4. The molecule has 1 heterocycles. The van der Waals surface area contributed by atoms with Gasteiger partial charge >= 0.3 is 6.03 Å². The molecule has 3 amide bonds. The Morgan fingerprint density at radius 2 is 1.61 bits per heavy atom. The first-order chi connectivity index (χ1) is 15.1. The standard InChI is InChI=1S/C26H33N3O2/c1-20(22-11-12-22)29(19-21-9-5-4-6-10-21)26(31)27-24-15-13-23(14-16-24)25(30)28-17-7-2-3-8-18-28/h4-6,9-10,13-16,20,22H,2-3,7-8,11-12,17-19H2,1H3,(H,27,31). The minimum atomic E-state index is -0.0881. The molecular weight excluding hydrogens is 386 g/mol. The van der Waals surface area contributed by atoms with Gasteiger partial charge in [-0.15, -0.1) is 0 Å². The lowest BCUT2D eigenvalue weighted by atomic mass is 10.1. The molecule has 5 nitrogen and oxygen atoms in total. The van der Waals surface area contributed by atoms with E-state index in [4.69, 9.17) is 0 Å². The SMILES string of the molecule is CC(C1CC1)N(Cc1ccccc1)C(=O)Nc1ccc(C(=O)N2CCCCCC2)cc1. The van der Waals surface area contributed by atoms with Gasteiger partial charge in [-0.1, -0.05) is 43.2 Å². The summed E-state index contributed by atoms with van der Waals surface area (Å²) in [6.07, 6.45) is 6.94. The van der Waals surface area contributed by atoms with Crippen molar-refractivity contribution in [1.29, 1.82) is 0 Å². The topological polar surface area (TPSA) is 52.7 Å². The van der Waals surface area contributed by atoms with Crippen molar-refractivity contribution < 1.29 is 9.59 Å². The maximum Gasteiger partial charge on any atom is 0.322 e. The summed E-state index contributed by atoms with van der Waals surface area (Å²) in [5.74, 6) is 0.677. The Labute approximate surface area is 185 Å². The van der Waals surface area contributed by atoms with E-state index in [9.17, 15) is 9.59 Å². The van der Waals surface area contributed by atoms with Gasteiger partial charge in [0, 0.05) is 36.9 Å². The Hall–Kier alpha value is -2.82. The van der Waals surface area contributed by atoms with Gasteiger partial charge in [0.25, 0.3) is 5.91 Å². The number of likely N-dealkylation sites (tertiary alicyclic amines) is 1. The molecule has 0 radical (unpaired) electrons. The molecule has 2 aromatic rings. The van der Waals surface area contributed by atoms with E-state index in [-0.39, 0.29) is 18.0 Å². The Bertz CT molecular complexity index is 869. The summed E-state index contributed by atoms with van der Waals surface area (Å²) in [6.45, 7) is 4.41. The van der Waals surface area contributed by atoms with E-state index in [1.807, 2.05) is 52.3 Å². The van der Waals surface area contributed by atoms with Crippen molar-refractivity contribution in [2.45, 2.75) is 58.0 Å². The van der Waals surface area contributed by atoms with E-state index in [2.05, 4.69) is 24.4 Å². The summed E-state index contributed by atoms with van der Waals surface area (Å²) in [5, 5.41) is 3.04. The smallest absolute Gasteiger partial charge is 0.322 e. The number of carbonyl (C=O) groups excluding carboxylic acids is 2. The molecule has 164 valence electrons. The van der Waals surface area contributed by atoms with E-state index in [1.54, 1.807) is 0 Å². The van der Waals surface area contributed by atoms with Crippen molar-refractivity contribution in [1.82, 2.24) is 9.80 Å². The molecule has 1 aliphatic heterocycles. The summed E-state index contributed by atoms with van der Waals surface area (Å²) in [5.41, 5.74) is 2.54. The lowest BCUT2D eigenvalue weighted by Crippen LogP contribution is -2.42. The molecule has 1 atom stereocenters. The van der Waals surface area contributed by atoms with Crippen molar-refractivity contribution in [3.63, 3.8) is 0 Å². The number of anilines is 1. The van der Waals surface area contributed by atoms with Crippen LogP contribution in [0.2, 0.25) is 0 Å². The quantitative estimate of drug-likeness (QED) is 0.669. The maximum absolute atomic E-state index is 13.1. The van der Waals surface area contributed by atoms with Gasteiger partial charge in [-0.2, -0.15) is 0 Å². The fourth-order valence-electron chi connectivity index (χ4n) is 4.36. The molecule has 1 aliphatic carbocycles. The lowest BCUT2D eigenvalue weighted by molar-refractivity contribution is 0.0761. The summed E-state index contributed by atoms with van der Waals surface area (Å²) >= 11 is 0. The van der Waals surface area contributed by atoms with Gasteiger partial charge in [-0.3, -0.25) is 4.79 Å². The molecule has 4 rings (SSSR count). The highest BCUT2D eigenvalue weighted by Gasteiger charge is 2.34. The number of carbonyl (C=O) groups is 2. The zero-order valence-electron chi connectivity index (χ0n) is 18.4. The molecule has 31 heavy (non-hydrogen) atoms. The van der Waals surface area contributed by atoms with Crippen LogP contribution in [0.5, 0.6) is 0 Å². The summed E-state index contributed by atoms with van der Waals surface area (Å²) in [4.78, 5) is 29.8. The molecule has 2 fully saturated rings. The number of hydrogen-bond donors (Lipinski definition) is 1. The van der Waals surface area contributed by atoms with Crippen LogP contribution >= 0.6 is 0 Å². The molecule has 0 aromatic heterocycles. The van der Waals surface area contributed by atoms with Gasteiger partial charge in [0.2, 0.25) is 0 Å². The largest absolute Gasteiger partial charge is 0.339 e. The van der Waals surface area contributed by atoms with Gasteiger partial charge in [0.1, 0.15) is 0 Å². The van der Waals surface area contributed by atoms with Gasteiger partial charge in [0.05, 0.1) is 0 Å². The van der Waals surface area contributed by atoms with Crippen LogP contribution in [-0.2, 0) is 6.54 Å². The Balaban J connectivity index is 1.41. The third-order valence-corrected chi connectivity index (χ3v) is 6.53. The highest BCUT2D eigenvalue weighted by molar-refractivity contribution is 5.95. The van der Waals surface area contributed by atoms with Crippen LogP contribution in [0.15, 0.2) is 54.6 Å². The first-order valence-electron chi connectivity index (χ1n) is 11.6. The third-order valence-electron chi connectivity index (χ3n) is 6.53. The monoisotopic (exact) mass is 419 g/mol. The third kappa shape index (κ3) is 5.66. The van der Waals surface area contributed by atoms with Gasteiger partial charge in [-0.25, -0.2) is 4.79 Å². The van der Waals surface area contributed by atoms with Crippen LogP contribution in [0.3, 0.4) is 0 Å². The van der Waals surface area contributed by atoms with Gasteiger partial charge in [0.15, 0.2) is 0 Å². The molecule has 5 heteroatoms.